The second-order valence-electron chi connectivity index (χ2n) is 4.18. The topological polar surface area (TPSA) is 29.5 Å². The van der Waals surface area contributed by atoms with E-state index >= 15 is 0 Å². The van der Waals surface area contributed by atoms with Crippen molar-refractivity contribution in [2.24, 2.45) is 0 Å². The maximum absolute atomic E-state index is 8.84. The Bertz CT molecular complexity index is 348. The normalized spacial score (nSPS) is 10.9. The Hall–Kier alpha value is -0.540. The predicted octanol–water partition coefficient (Wildman–Crippen LogP) is 3.51. The van der Waals surface area contributed by atoms with Crippen LogP contribution in [0.5, 0.6) is 5.75 Å². The van der Waals surface area contributed by atoms with Crippen LogP contribution in [0.2, 0.25) is 0 Å². The second-order valence-corrected chi connectivity index (χ2v) is 5.04. The maximum Gasteiger partial charge on any atom is 0.136 e. The molecule has 0 unspecified atom stereocenters. The molecule has 0 aliphatic carbocycles. The lowest BCUT2D eigenvalue weighted by molar-refractivity contribution is 0.288. The third-order valence-electron chi connectivity index (χ3n) is 2.58. The van der Waals surface area contributed by atoms with Crippen molar-refractivity contribution in [2.75, 3.05) is 13.7 Å². The average Bonchev–Trinajstić information content (AvgIpc) is 2.25. The van der Waals surface area contributed by atoms with Crippen LogP contribution in [0.4, 0.5) is 0 Å². The van der Waals surface area contributed by atoms with Crippen molar-refractivity contribution in [3.8, 4) is 5.75 Å². The number of aryl methyl sites for hydroxylation is 1. The lowest BCUT2D eigenvalue weighted by Crippen LogP contribution is -1.98. The fourth-order valence-corrected chi connectivity index (χ4v) is 2.43. The van der Waals surface area contributed by atoms with Crippen LogP contribution in [0.3, 0.4) is 0 Å². The Kier molecular flexibility index (Phi) is 5.29. The summed E-state index contributed by atoms with van der Waals surface area (Å²) in [4.78, 5) is 0. The van der Waals surface area contributed by atoms with E-state index in [4.69, 9.17) is 9.84 Å². The summed E-state index contributed by atoms with van der Waals surface area (Å²) in [6.45, 7) is 4.54. The first-order chi connectivity index (χ1) is 7.60. The number of halogens is 1. The summed E-state index contributed by atoms with van der Waals surface area (Å²) in [6, 6.07) is 4.24. The SMILES string of the molecule is COc1c(Br)cc(CCCO)cc1C(C)C. The Balaban J connectivity index is 3.07. The Morgan fingerprint density at radius 2 is 2.06 bits per heavy atom. The van der Waals surface area contributed by atoms with E-state index in [2.05, 4.69) is 41.9 Å². The molecule has 2 nitrogen and oxygen atoms in total. The molecule has 1 N–H and O–H groups in total. The van der Waals surface area contributed by atoms with Crippen molar-refractivity contribution < 1.29 is 9.84 Å². The molecule has 0 fully saturated rings. The molecule has 1 aromatic carbocycles. The molecule has 1 rings (SSSR count). The van der Waals surface area contributed by atoms with Crippen LogP contribution in [0.25, 0.3) is 0 Å². The second kappa shape index (κ2) is 6.26. The quantitative estimate of drug-likeness (QED) is 0.898. The summed E-state index contributed by atoms with van der Waals surface area (Å²) in [5.41, 5.74) is 2.45. The fourth-order valence-electron chi connectivity index (χ4n) is 1.74. The summed E-state index contributed by atoms with van der Waals surface area (Å²) < 4.78 is 6.40. The number of ether oxygens (including phenoxy) is 1. The first-order valence-electron chi connectivity index (χ1n) is 5.57. The third kappa shape index (κ3) is 3.22. The molecular formula is C13H19BrO2. The van der Waals surface area contributed by atoms with Gasteiger partial charge in [-0.05, 0) is 51.9 Å². The highest BCUT2D eigenvalue weighted by atomic mass is 79.9. The van der Waals surface area contributed by atoms with Crippen LogP contribution in [0, 0.1) is 0 Å². The van der Waals surface area contributed by atoms with Crippen LogP contribution in [0.1, 0.15) is 37.3 Å². The van der Waals surface area contributed by atoms with Gasteiger partial charge in [0, 0.05) is 6.61 Å². The lowest BCUT2D eigenvalue weighted by atomic mass is 9.98. The smallest absolute Gasteiger partial charge is 0.136 e. The van der Waals surface area contributed by atoms with E-state index in [0.717, 1.165) is 23.1 Å². The van der Waals surface area contributed by atoms with Crippen molar-refractivity contribution in [1.29, 1.82) is 0 Å². The zero-order valence-corrected chi connectivity index (χ0v) is 11.7. The average molecular weight is 287 g/mol. The highest BCUT2D eigenvalue weighted by Crippen LogP contribution is 2.35. The van der Waals surface area contributed by atoms with Crippen LogP contribution in [-0.2, 0) is 6.42 Å². The molecule has 1 aromatic rings. The van der Waals surface area contributed by atoms with Gasteiger partial charge in [0.05, 0.1) is 11.6 Å². The van der Waals surface area contributed by atoms with E-state index in [0.29, 0.717) is 5.92 Å². The molecule has 3 heteroatoms. The molecule has 16 heavy (non-hydrogen) atoms. The molecular weight excluding hydrogens is 268 g/mol. The van der Waals surface area contributed by atoms with Crippen molar-refractivity contribution in [2.45, 2.75) is 32.6 Å². The largest absolute Gasteiger partial charge is 0.495 e. The van der Waals surface area contributed by atoms with Gasteiger partial charge in [0.25, 0.3) is 0 Å². The monoisotopic (exact) mass is 286 g/mol. The summed E-state index contributed by atoms with van der Waals surface area (Å²) >= 11 is 3.53. The van der Waals surface area contributed by atoms with E-state index < -0.39 is 0 Å². The van der Waals surface area contributed by atoms with Crippen LogP contribution >= 0.6 is 15.9 Å². The van der Waals surface area contributed by atoms with Gasteiger partial charge >= 0.3 is 0 Å². The molecule has 90 valence electrons. The summed E-state index contributed by atoms with van der Waals surface area (Å²) in [5.74, 6) is 1.35. The lowest BCUT2D eigenvalue weighted by Gasteiger charge is -2.15. The summed E-state index contributed by atoms with van der Waals surface area (Å²) in [6.07, 6.45) is 1.70. The molecule has 0 heterocycles. The van der Waals surface area contributed by atoms with Crippen molar-refractivity contribution in [3.05, 3.63) is 27.7 Å². The molecule has 0 saturated carbocycles. The van der Waals surface area contributed by atoms with Gasteiger partial charge in [0.15, 0.2) is 0 Å². The standard InChI is InChI=1S/C13H19BrO2/c1-9(2)11-7-10(5-4-6-15)8-12(14)13(11)16-3/h7-9,15H,4-6H2,1-3H3. The minimum Gasteiger partial charge on any atom is -0.495 e. The number of benzene rings is 1. The van der Waals surface area contributed by atoms with Crippen molar-refractivity contribution >= 4 is 15.9 Å². The van der Waals surface area contributed by atoms with E-state index in [9.17, 15) is 0 Å². The molecule has 0 aliphatic rings. The van der Waals surface area contributed by atoms with E-state index in [1.165, 1.54) is 11.1 Å². The number of hydrogen-bond acceptors (Lipinski definition) is 2. The maximum atomic E-state index is 8.84. The molecule has 0 atom stereocenters. The Labute approximate surface area is 106 Å². The van der Waals surface area contributed by atoms with E-state index in [-0.39, 0.29) is 6.61 Å². The fraction of sp³-hybridized carbons (Fsp3) is 0.538. The van der Waals surface area contributed by atoms with Gasteiger partial charge in [-0.3, -0.25) is 0 Å². The first kappa shape index (κ1) is 13.5. The minimum atomic E-state index is 0.237. The Morgan fingerprint density at radius 3 is 2.56 bits per heavy atom. The van der Waals surface area contributed by atoms with Crippen molar-refractivity contribution in [3.63, 3.8) is 0 Å². The molecule has 0 radical (unpaired) electrons. The van der Waals surface area contributed by atoms with Gasteiger partial charge in [-0.25, -0.2) is 0 Å². The number of hydrogen-bond donors (Lipinski definition) is 1. The predicted molar refractivity (Wildman–Crippen MR) is 70.2 cm³/mol. The van der Waals surface area contributed by atoms with Gasteiger partial charge in [0.2, 0.25) is 0 Å². The minimum absolute atomic E-state index is 0.237. The molecule has 0 bridgehead atoms. The highest BCUT2D eigenvalue weighted by Gasteiger charge is 2.12. The van der Waals surface area contributed by atoms with Crippen LogP contribution in [-0.4, -0.2) is 18.8 Å². The van der Waals surface area contributed by atoms with E-state index in [1.54, 1.807) is 7.11 Å². The zero-order valence-electron chi connectivity index (χ0n) is 10.1. The molecule has 0 spiro atoms. The zero-order chi connectivity index (χ0) is 12.1. The van der Waals surface area contributed by atoms with Crippen LogP contribution in [0.15, 0.2) is 16.6 Å². The third-order valence-corrected chi connectivity index (χ3v) is 3.17. The highest BCUT2D eigenvalue weighted by molar-refractivity contribution is 9.10. The van der Waals surface area contributed by atoms with Gasteiger partial charge in [-0.15, -0.1) is 0 Å². The molecule has 0 aliphatic heterocycles. The van der Waals surface area contributed by atoms with Crippen LogP contribution < -0.4 is 4.74 Å². The van der Waals surface area contributed by atoms with E-state index in [1.807, 2.05) is 0 Å². The molecule has 0 amide bonds. The summed E-state index contributed by atoms with van der Waals surface area (Å²) in [5, 5.41) is 8.84. The number of rotatable bonds is 5. The van der Waals surface area contributed by atoms with Gasteiger partial charge in [0.1, 0.15) is 5.75 Å². The number of aliphatic hydroxyl groups excluding tert-OH is 1. The summed E-state index contributed by atoms with van der Waals surface area (Å²) in [7, 11) is 1.69. The number of methoxy groups -OCH3 is 1. The molecule has 0 aromatic heterocycles. The molecule has 0 saturated heterocycles. The van der Waals surface area contributed by atoms with Gasteiger partial charge in [-0.1, -0.05) is 19.9 Å². The first-order valence-corrected chi connectivity index (χ1v) is 6.36. The Morgan fingerprint density at radius 1 is 1.38 bits per heavy atom. The van der Waals surface area contributed by atoms with Crippen molar-refractivity contribution in [1.82, 2.24) is 0 Å². The van der Waals surface area contributed by atoms with Gasteiger partial charge in [-0.2, -0.15) is 0 Å². The number of aliphatic hydroxyl groups is 1. The van der Waals surface area contributed by atoms with Gasteiger partial charge < -0.3 is 9.84 Å².